The van der Waals surface area contributed by atoms with E-state index >= 15 is 0 Å². The Hall–Kier alpha value is -3.96. The first kappa shape index (κ1) is 21.9. The molecule has 0 saturated carbocycles. The van der Waals surface area contributed by atoms with Crippen molar-refractivity contribution in [1.82, 2.24) is 29.6 Å². The lowest BCUT2D eigenvalue weighted by Gasteiger charge is -2.26. The van der Waals surface area contributed by atoms with Crippen molar-refractivity contribution in [2.45, 2.75) is 6.54 Å². The molecule has 3 heterocycles. The molecule has 0 aliphatic carbocycles. The number of nitrogen functional groups attached to an aromatic ring is 1. The van der Waals surface area contributed by atoms with Crippen LogP contribution in [0.25, 0.3) is 28.5 Å². The summed E-state index contributed by atoms with van der Waals surface area (Å²) in [5, 5.41) is 17.7. The Balaban J connectivity index is 1.48. The van der Waals surface area contributed by atoms with Crippen LogP contribution in [0.15, 0.2) is 48.7 Å². The second-order valence-electron chi connectivity index (χ2n) is 7.81. The molecule has 2 aromatic carbocycles. The van der Waals surface area contributed by atoms with Crippen molar-refractivity contribution in [1.29, 1.82) is 0 Å². The molecule has 1 aliphatic heterocycles. The summed E-state index contributed by atoms with van der Waals surface area (Å²) >= 11 is 0. The Morgan fingerprint density at radius 3 is 2.56 bits per heavy atom. The summed E-state index contributed by atoms with van der Waals surface area (Å²) in [5.41, 5.74) is 8.26. The van der Waals surface area contributed by atoms with Gasteiger partial charge in [0.05, 0.1) is 30.8 Å². The van der Waals surface area contributed by atoms with Crippen molar-refractivity contribution in [2.24, 2.45) is 0 Å². The van der Waals surface area contributed by atoms with Crippen LogP contribution >= 0.6 is 0 Å². The van der Waals surface area contributed by atoms with E-state index in [1.165, 1.54) is 18.3 Å². The van der Waals surface area contributed by atoms with Gasteiger partial charge in [-0.2, -0.15) is 0 Å². The molecular weight excluding hydrogens is 444 g/mol. The first-order valence-electron chi connectivity index (χ1n) is 10.6. The van der Waals surface area contributed by atoms with E-state index in [1.807, 2.05) is 24.3 Å². The van der Waals surface area contributed by atoms with E-state index < -0.39 is 17.6 Å². The average Bonchev–Trinajstić information content (AvgIpc) is 3.23. The van der Waals surface area contributed by atoms with Gasteiger partial charge in [-0.25, -0.2) is 23.3 Å². The van der Waals surface area contributed by atoms with Crippen LogP contribution in [-0.2, 0) is 11.3 Å². The molecule has 0 unspecified atom stereocenters. The lowest BCUT2D eigenvalue weighted by atomic mass is 10.1. The van der Waals surface area contributed by atoms with E-state index in [-0.39, 0.29) is 23.0 Å². The third-order valence-electron chi connectivity index (χ3n) is 5.59. The summed E-state index contributed by atoms with van der Waals surface area (Å²) in [6, 6.07) is 10.8. The van der Waals surface area contributed by atoms with Gasteiger partial charge in [-0.15, -0.1) is 5.10 Å². The van der Waals surface area contributed by atoms with E-state index in [2.05, 4.69) is 25.1 Å². The van der Waals surface area contributed by atoms with Crippen LogP contribution in [0, 0.1) is 11.6 Å². The third-order valence-corrected chi connectivity index (χ3v) is 5.59. The van der Waals surface area contributed by atoms with Crippen LogP contribution in [0.5, 0.6) is 6.01 Å². The molecule has 5 rings (SSSR count). The van der Waals surface area contributed by atoms with Crippen LogP contribution < -0.4 is 5.73 Å². The lowest BCUT2D eigenvalue weighted by molar-refractivity contribution is 0.0342. The molecular formula is C23H21F2N7O2. The van der Waals surface area contributed by atoms with Gasteiger partial charge in [0.2, 0.25) is 0 Å². The molecule has 1 fully saturated rings. The number of aromatic nitrogens is 5. The number of benzene rings is 2. The number of ether oxygens (including phenoxy) is 1. The highest BCUT2D eigenvalue weighted by molar-refractivity contribution is 5.70. The zero-order valence-electron chi connectivity index (χ0n) is 18.0. The van der Waals surface area contributed by atoms with Crippen LogP contribution in [0.3, 0.4) is 0 Å². The van der Waals surface area contributed by atoms with Gasteiger partial charge in [-0.3, -0.25) is 4.90 Å². The predicted molar refractivity (Wildman–Crippen MR) is 120 cm³/mol. The molecule has 1 aliphatic rings. The molecule has 2 aromatic heterocycles. The summed E-state index contributed by atoms with van der Waals surface area (Å²) < 4.78 is 34.6. The summed E-state index contributed by atoms with van der Waals surface area (Å²) in [5.74, 6) is -2.32. The van der Waals surface area contributed by atoms with E-state index in [1.54, 1.807) is 0 Å². The number of hydrogen-bond acceptors (Lipinski definition) is 8. The van der Waals surface area contributed by atoms with E-state index in [0.717, 1.165) is 54.6 Å². The highest BCUT2D eigenvalue weighted by atomic mass is 19.2. The number of aromatic hydroxyl groups is 1. The van der Waals surface area contributed by atoms with Gasteiger partial charge in [0.1, 0.15) is 0 Å². The highest BCUT2D eigenvalue weighted by Crippen LogP contribution is 2.31. The van der Waals surface area contributed by atoms with E-state index in [4.69, 9.17) is 10.5 Å². The number of hydrogen-bond donors (Lipinski definition) is 2. The molecule has 1 saturated heterocycles. The van der Waals surface area contributed by atoms with Crippen molar-refractivity contribution in [3.63, 3.8) is 0 Å². The van der Waals surface area contributed by atoms with E-state index in [9.17, 15) is 13.9 Å². The molecule has 0 atom stereocenters. The molecule has 9 nitrogen and oxygen atoms in total. The second-order valence-corrected chi connectivity index (χ2v) is 7.81. The van der Waals surface area contributed by atoms with Crippen LogP contribution in [0.4, 0.5) is 14.6 Å². The Kier molecular flexibility index (Phi) is 5.86. The minimum atomic E-state index is -1.17. The van der Waals surface area contributed by atoms with Gasteiger partial charge in [0, 0.05) is 25.2 Å². The number of nitrogens with zero attached hydrogens (tertiary/aromatic N) is 6. The third kappa shape index (κ3) is 4.18. The number of halogens is 2. The molecule has 11 heteroatoms. The van der Waals surface area contributed by atoms with Crippen molar-refractivity contribution >= 4 is 5.82 Å². The average molecular weight is 465 g/mol. The maximum atomic E-state index is 14.5. The number of anilines is 1. The lowest BCUT2D eigenvalue weighted by Crippen LogP contribution is -2.35. The van der Waals surface area contributed by atoms with Crippen molar-refractivity contribution in [2.75, 3.05) is 32.0 Å². The second kappa shape index (κ2) is 9.12. The van der Waals surface area contributed by atoms with Gasteiger partial charge in [-0.1, -0.05) is 35.4 Å². The quantitative estimate of drug-likeness (QED) is 0.462. The van der Waals surface area contributed by atoms with Crippen molar-refractivity contribution in [3.05, 3.63) is 65.9 Å². The molecule has 174 valence electrons. The Bertz CT molecular complexity index is 1320. The zero-order chi connectivity index (χ0) is 23.7. The maximum Gasteiger partial charge on any atom is 0.319 e. The molecule has 0 spiro atoms. The number of morpholine rings is 1. The summed E-state index contributed by atoms with van der Waals surface area (Å²) in [6.45, 7) is 4.09. The van der Waals surface area contributed by atoms with Crippen molar-refractivity contribution in [3.8, 4) is 34.5 Å². The SMILES string of the molecule is Nc1ncc(-c2ccc(CN3CCOCC3)cc2)nc1-c1nnc(O)n1-c1cccc(F)c1F. The van der Waals surface area contributed by atoms with Crippen molar-refractivity contribution < 1.29 is 18.6 Å². The predicted octanol–water partition coefficient (Wildman–Crippen LogP) is 2.79. The minimum Gasteiger partial charge on any atom is -0.479 e. The van der Waals surface area contributed by atoms with Crippen LogP contribution in [0.1, 0.15) is 5.56 Å². The number of rotatable bonds is 5. The zero-order valence-corrected chi connectivity index (χ0v) is 18.0. The van der Waals surface area contributed by atoms with Crippen LogP contribution in [-0.4, -0.2) is 61.0 Å². The molecule has 0 amide bonds. The normalized spacial score (nSPS) is 14.4. The van der Waals surface area contributed by atoms with Gasteiger partial charge < -0.3 is 15.6 Å². The van der Waals surface area contributed by atoms with E-state index in [0.29, 0.717) is 5.69 Å². The molecule has 4 aromatic rings. The van der Waals surface area contributed by atoms with Gasteiger partial charge in [0.25, 0.3) is 0 Å². The summed E-state index contributed by atoms with van der Waals surface area (Å²) in [6.07, 6.45) is 1.51. The Morgan fingerprint density at radius 1 is 1.03 bits per heavy atom. The monoisotopic (exact) mass is 465 g/mol. The smallest absolute Gasteiger partial charge is 0.319 e. The first-order valence-corrected chi connectivity index (χ1v) is 10.6. The highest BCUT2D eigenvalue weighted by Gasteiger charge is 2.23. The standard InChI is InChI=1S/C23H21F2N7O2/c24-16-2-1-3-18(19(16)25)32-22(29-30-23(32)33)20-21(26)27-12-17(28-20)15-6-4-14(5-7-15)13-31-8-10-34-11-9-31/h1-7,12H,8-11,13H2,(H2,26,27)(H,30,33). The summed E-state index contributed by atoms with van der Waals surface area (Å²) in [7, 11) is 0. The fourth-order valence-corrected chi connectivity index (χ4v) is 3.82. The minimum absolute atomic E-state index is 0.00171. The van der Waals surface area contributed by atoms with Crippen LogP contribution in [0.2, 0.25) is 0 Å². The van der Waals surface area contributed by atoms with Gasteiger partial charge >= 0.3 is 6.01 Å². The Labute approximate surface area is 193 Å². The molecule has 0 radical (unpaired) electrons. The largest absolute Gasteiger partial charge is 0.479 e. The molecule has 3 N–H and O–H groups in total. The molecule has 0 bridgehead atoms. The fraction of sp³-hybridized carbons (Fsp3) is 0.217. The molecule has 34 heavy (non-hydrogen) atoms. The first-order chi connectivity index (χ1) is 16.5. The number of nitrogens with two attached hydrogens (primary N) is 1. The fourth-order valence-electron chi connectivity index (χ4n) is 3.82. The summed E-state index contributed by atoms with van der Waals surface area (Å²) in [4.78, 5) is 11.1. The topological polar surface area (TPSA) is 115 Å². The maximum absolute atomic E-state index is 14.5. The van der Waals surface area contributed by atoms with Gasteiger partial charge in [-0.05, 0) is 17.7 Å². The van der Waals surface area contributed by atoms with Gasteiger partial charge in [0.15, 0.2) is 29.0 Å². The Morgan fingerprint density at radius 2 is 1.79 bits per heavy atom.